The first-order valence-corrected chi connectivity index (χ1v) is 6.73. The summed E-state index contributed by atoms with van der Waals surface area (Å²) in [6, 6.07) is 3.70. The van der Waals surface area contributed by atoms with E-state index in [1.165, 1.54) is 32.1 Å². The zero-order valence-electron chi connectivity index (χ0n) is 10.6. The highest BCUT2D eigenvalue weighted by molar-refractivity contribution is 5.06. The molecule has 1 aliphatic carbocycles. The number of hydrogen-bond acceptors (Lipinski definition) is 3. The van der Waals surface area contributed by atoms with Gasteiger partial charge < -0.3 is 14.9 Å². The molecular weight excluding hydrogens is 214 g/mol. The van der Waals surface area contributed by atoms with E-state index in [0.29, 0.717) is 5.92 Å². The van der Waals surface area contributed by atoms with Crippen molar-refractivity contribution >= 4 is 0 Å². The molecule has 3 nitrogen and oxygen atoms in total. The zero-order chi connectivity index (χ0) is 12.1. The third-order valence-corrected chi connectivity index (χ3v) is 3.70. The van der Waals surface area contributed by atoms with Crippen LogP contribution in [0.4, 0.5) is 0 Å². The van der Waals surface area contributed by atoms with Gasteiger partial charge in [-0.25, -0.2) is 0 Å². The summed E-state index contributed by atoms with van der Waals surface area (Å²) in [7, 11) is 0. The van der Waals surface area contributed by atoms with Crippen LogP contribution >= 0.6 is 0 Å². The first-order valence-electron chi connectivity index (χ1n) is 6.73. The van der Waals surface area contributed by atoms with Crippen molar-refractivity contribution in [2.24, 2.45) is 11.7 Å². The van der Waals surface area contributed by atoms with E-state index in [-0.39, 0.29) is 12.1 Å². The molecule has 3 heteroatoms. The van der Waals surface area contributed by atoms with Crippen molar-refractivity contribution in [1.29, 1.82) is 0 Å². The Morgan fingerprint density at radius 3 is 2.76 bits per heavy atom. The van der Waals surface area contributed by atoms with Crippen LogP contribution in [0.3, 0.4) is 0 Å². The maximum Gasteiger partial charge on any atom is 0.123 e. The number of ether oxygens (including phenoxy) is 1. The number of hydrogen-bond donors (Lipinski definition) is 1. The van der Waals surface area contributed by atoms with Crippen molar-refractivity contribution < 1.29 is 9.15 Å². The number of nitrogens with two attached hydrogens (primary N) is 1. The van der Waals surface area contributed by atoms with Crippen LogP contribution in [0.2, 0.25) is 0 Å². The summed E-state index contributed by atoms with van der Waals surface area (Å²) < 4.78 is 11.3. The smallest absolute Gasteiger partial charge is 0.123 e. The summed E-state index contributed by atoms with van der Waals surface area (Å²) in [5, 5.41) is 0. The largest absolute Gasteiger partial charge is 0.468 e. The van der Waals surface area contributed by atoms with Crippen LogP contribution in [0.25, 0.3) is 0 Å². The zero-order valence-corrected chi connectivity index (χ0v) is 10.6. The maximum atomic E-state index is 6.28. The lowest BCUT2D eigenvalue weighted by atomic mass is 9.82. The van der Waals surface area contributed by atoms with Crippen molar-refractivity contribution in [1.82, 2.24) is 0 Å². The Hall–Kier alpha value is -0.800. The number of rotatable bonds is 5. The predicted octanol–water partition coefficient (Wildman–Crippen LogP) is 3.26. The van der Waals surface area contributed by atoms with E-state index in [2.05, 4.69) is 0 Å². The molecule has 0 radical (unpaired) electrons. The van der Waals surface area contributed by atoms with Gasteiger partial charge in [0.15, 0.2) is 0 Å². The summed E-state index contributed by atoms with van der Waals surface area (Å²) in [6.45, 7) is 2.75. The van der Waals surface area contributed by atoms with Gasteiger partial charge in [0.25, 0.3) is 0 Å². The standard InChI is InChI=1S/C14H23NO2/c1-2-16-14(11-7-4-3-5-8-11)13(15)12-9-6-10-17-12/h6,9-11,13-14H,2-5,7-8,15H2,1H3. The highest BCUT2D eigenvalue weighted by Gasteiger charge is 2.31. The molecule has 96 valence electrons. The van der Waals surface area contributed by atoms with Gasteiger partial charge in [-0.2, -0.15) is 0 Å². The van der Waals surface area contributed by atoms with E-state index in [4.69, 9.17) is 14.9 Å². The molecule has 2 atom stereocenters. The van der Waals surface area contributed by atoms with Crippen LogP contribution in [0.1, 0.15) is 50.8 Å². The monoisotopic (exact) mass is 237 g/mol. The van der Waals surface area contributed by atoms with Gasteiger partial charge in [0.05, 0.1) is 18.4 Å². The Morgan fingerprint density at radius 2 is 2.18 bits per heavy atom. The quantitative estimate of drug-likeness (QED) is 0.855. The molecule has 0 spiro atoms. The Morgan fingerprint density at radius 1 is 1.41 bits per heavy atom. The third-order valence-electron chi connectivity index (χ3n) is 3.70. The summed E-state index contributed by atoms with van der Waals surface area (Å²) in [6.07, 6.45) is 8.22. The average Bonchev–Trinajstić information content (AvgIpc) is 2.90. The minimum atomic E-state index is -0.131. The maximum absolute atomic E-state index is 6.28. The minimum absolute atomic E-state index is 0.103. The Kier molecular flexibility index (Phi) is 4.63. The van der Waals surface area contributed by atoms with Crippen molar-refractivity contribution in [2.75, 3.05) is 6.61 Å². The van der Waals surface area contributed by atoms with Crippen LogP contribution in [-0.2, 0) is 4.74 Å². The fourth-order valence-electron chi connectivity index (χ4n) is 2.83. The fraction of sp³-hybridized carbons (Fsp3) is 0.714. The molecule has 1 aromatic rings. The molecule has 2 N–H and O–H groups in total. The highest BCUT2D eigenvalue weighted by atomic mass is 16.5. The molecule has 2 rings (SSSR count). The molecule has 1 aromatic heterocycles. The molecule has 0 amide bonds. The highest BCUT2D eigenvalue weighted by Crippen LogP contribution is 2.33. The third kappa shape index (κ3) is 3.11. The normalized spacial score (nSPS) is 21.3. The Bertz CT molecular complexity index is 304. The SMILES string of the molecule is CCOC(C1CCCCC1)C(N)c1ccco1. The molecule has 0 aromatic carbocycles. The molecule has 0 bridgehead atoms. The molecule has 1 saturated carbocycles. The Labute approximate surface area is 103 Å². The van der Waals surface area contributed by atoms with Crippen LogP contribution in [-0.4, -0.2) is 12.7 Å². The molecule has 0 aliphatic heterocycles. The van der Waals surface area contributed by atoms with Gasteiger partial charge in [0, 0.05) is 6.61 Å². The molecular formula is C14H23NO2. The summed E-state index contributed by atoms with van der Waals surface area (Å²) in [4.78, 5) is 0. The summed E-state index contributed by atoms with van der Waals surface area (Å²) >= 11 is 0. The summed E-state index contributed by atoms with van der Waals surface area (Å²) in [5.74, 6) is 1.43. The van der Waals surface area contributed by atoms with Gasteiger partial charge in [-0.1, -0.05) is 19.3 Å². The van der Waals surface area contributed by atoms with Crippen molar-refractivity contribution in [3.63, 3.8) is 0 Å². The van der Waals surface area contributed by atoms with Crippen molar-refractivity contribution in [3.8, 4) is 0 Å². The second kappa shape index (κ2) is 6.22. The molecule has 17 heavy (non-hydrogen) atoms. The van der Waals surface area contributed by atoms with Crippen LogP contribution in [0.5, 0.6) is 0 Å². The van der Waals surface area contributed by atoms with Crippen LogP contribution in [0.15, 0.2) is 22.8 Å². The Balaban J connectivity index is 2.04. The second-order valence-corrected chi connectivity index (χ2v) is 4.86. The van der Waals surface area contributed by atoms with Gasteiger partial charge in [0.1, 0.15) is 5.76 Å². The number of furan rings is 1. The first-order chi connectivity index (χ1) is 8.33. The topological polar surface area (TPSA) is 48.4 Å². The lowest BCUT2D eigenvalue weighted by Crippen LogP contribution is -2.36. The van der Waals surface area contributed by atoms with Gasteiger partial charge in [-0.3, -0.25) is 0 Å². The van der Waals surface area contributed by atoms with E-state index < -0.39 is 0 Å². The van der Waals surface area contributed by atoms with Gasteiger partial charge in [0.2, 0.25) is 0 Å². The van der Waals surface area contributed by atoms with Crippen molar-refractivity contribution in [2.45, 2.75) is 51.2 Å². The predicted molar refractivity (Wildman–Crippen MR) is 67.6 cm³/mol. The van der Waals surface area contributed by atoms with E-state index in [1.807, 2.05) is 19.1 Å². The molecule has 1 heterocycles. The average molecular weight is 237 g/mol. The fourth-order valence-corrected chi connectivity index (χ4v) is 2.83. The lowest BCUT2D eigenvalue weighted by Gasteiger charge is -2.33. The van der Waals surface area contributed by atoms with Gasteiger partial charge >= 0.3 is 0 Å². The summed E-state index contributed by atoms with van der Waals surface area (Å²) in [5.41, 5.74) is 6.28. The minimum Gasteiger partial charge on any atom is -0.468 e. The van der Waals surface area contributed by atoms with E-state index >= 15 is 0 Å². The molecule has 1 aliphatic rings. The van der Waals surface area contributed by atoms with Crippen LogP contribution < -0.4 is 5.73 Å². The van der Waals surface area contributed by atoms with Crippen LogP contribution in [0, 0.1) is 5.92 Å². The van der Waals surface area contributed by atoms with E-state index in [9.17, 15) is 0 Å². The second-order valence-electron chi connectivity index (χ2n) is 4.86. The van der Waals surface area contributed by atoms with Gasteiger partial charge in [-0.05, 0) is 37.8 Å². The first kappa shape index (κ1) is 12.7. The molecule has 0 saturated heterocycles. The van der Waals surface area contributed by atoms with E-state index in [1.54, 1.807) is 6.26 Å². The van der Waals surface area contributed by atoms with Crippen molar-refractivity contribution in [3.05, 3.63) is 24.2 Å². The van der Waals surface area contributed by atoms with Gasteiger partial charge in [-0.15, -0.1) is 0 Å². The van der Waals surface area contributed by atoms with E-state index in [0.717, 1.165) is 12.4 Å². The molecule has 1 fully saturated rings. The molecule has 2 unspecified atom stereocenters. The lowest BCUT2D eigenvalue weighted by molar-refractivity contribution is -0.0139.